The molecule has 8 heteroatoms. The first-order valence-electron chi connectivity index (χ1n) is 7.66. The number of carboxylic acid groups (broad SMARTS) is 1. The standard InChI is InChI=1S/C17H16N6O2/c1-11(8-13-10-18-6-7-19-13)22-17-21-5-3-14(23-17)15-9-12(16(24)25)2-4-20-15/h2-7,9-11H,8H2,1H3,(H,24,25)(H,21,22,23). The molecule has 25 heavy (non-hydrogen) atoms. The monoisotopic (exact) mass is 336 g/mol. The molecule has 0 amide bonds. The second kappa shape index (κ2) is 7.43. The van der Waals surface area contributed by atoms with Crippen LogP contribution < -0.4 is 5.32 Å². The van der Waals surface area contributed by atoms with E-state index in [9.17, 15) is 4.79 Å². The molecular formula is C17H16N6O2. The summed E-state index contributed by atoms with van der Waals surface area (Å²) in [6.07, 6.45) is 8.73. The summed E-state index contributed by atoms with van der Waals surface area (Å²) in [5, 5.41) is 12.3. The van der Waals surface area contributed by atoms with E-state index in [-0.39, 0.29) is 11.6 Å². The largest absolute Gasteiger partial charge is 0.478 e. The van der Waals surface area contributed by atoms with Crippen LogP contribution in [0.1, 0.15) is 23.0 Å². The molecule has 0 saturated carbocycles. The van der Waals surface area contributed by atoms with E-state index in [0.29, 0.717) is 23.8 Å². The molecule has 0 saturated heterocycles. The molecule has 3 rings (SSSR count). The van der Waals surface area contributed by atoms with E-state index in [1.165, 1.54) is 18.3 Å². The first kappa shape index (κ1) is 16.4. The van der Waals surface area contributed by atoms with Crippen LogP contribution in [0.4, 0.5) is 5.95 Å². The number of aromatic carboxylic acids is 1. The van der Waals surface area contributed by atoms with E-state index < -0.39 is 5.97 Å². The maximum atomic E-state index is 11.1. The lowest BCUT2D eigenvalue weighted by atomic mass is 10.2. The summed E-state index contributed by atoms with van der Waals surface area (Å²) in [4.78, 5) is 32.2. The van der Waals surface area contributed by atoms with Gasteiger partial charge in [-0.15, -0.1) is 0 Å². The van der Waals surface area contributed by atoms with Gasteiger partial charge in [-0.1, -0.05) is 0 Å². The fraction of sp³-hybridized carbons (Fsp3) is 0.176. The Kier molecular flexibility index (Phi) is 4.89. The Morgan fingerprint density at radius 2 is 1.96 bits per heavy atom. The van der Waals surface area contributed by atoms with Crippen molar-refractivity contribution in [2.45, 2.75) is 19.4 Å². The maximum Gasteiger partial charge on any atom is 0.335 e. The third-order valence-electron chi connectivity index (χ3n) is 3.43. The molecule has 0 aromatic carbocycles. The van der Waals surface area contributed by atoms with Crippen LogP contribution >= 0.6 is 0 Å². The van der Waals surface area contributed by atoms with Gasteiger partial charge in [0.2, 0.25) is 5.95 Å². The zero-order chi connectivity index (χ0) is 17.6. The van der Waals surface area contributed by atoms with Gasteiger partial charge in [-0.2, -0.15) is 0 Å². The fourth-order valence-electron chi connectivity index (χ4n) is 2.30. The third kappa shape index (κ3) is 4.31. The second-order valence-corrected chi connectivity index (χ2v) is 5.45. The summed E-state index contributed by atoms with van der Waals surface area (Å²) in [6, 6.07) is 4.66. The Morgan fingerprint density at radius 3 is 2.72 bits per heavy atom. The minimum absolute atomic E-state index is 0.0465. The Bertz CT molecular complexity index is 872. The van der Waals surface area contributed by atoms with Crippen LogP contribution in [0.2, 0.25) is 0 Å². The van der Waals surface area contributed by atoms with Gasteiger partial charge in [0.15, 0.2) is 0 Å². The van der Waals surface area contributed by atoms with Crippen LogP contribution in [0.25, 0.3) is 11.4 Å². The third-order valence-corrected chi connectivity index (χ3v) is 3.43. The van der Waals surface area contributed by atoms with Crippen LogP contribution in [0.15, 0.2) is 49.2 Å². The topological polar surface area (TPSA) is 114 Å². The number of nitrogens with one attached hydrogen (secondary N) is 1. The molecule has 0 bridgehead atoms. The summed E-state index contributed by atoms with van der Waals surface area (Å²) >= 11 is 0. The molecule has 1 atom stereocenters. The molecule has 1 unspecified atom stereocenters. The molecule has 8 nitrogen and oxygen atoms in total. The summed E-state index contributed by atoms with van der Waals surface area (Å²) in [6.45, 7) is 1.99. The predicted molar refractivity (Wildman–Crippen MR) is 91.0 cm³/mol. The molecule has 2 N–H and O–H groups in total. The highest BCUT2D eigenvalue weighted by Gasteiger charge is 2.10. The second-order valence-electron chi connectivity index (χ2n) is 5.45. The Hall–Kier alpha value is -3.42. The van der Waals surface area contributed by atoms with E-state index in [2.05, 4.69) is 30.2 Å². The fourth-order valence-corrected chi connectivity index (χ4v) is 2.30. The molecule has 0 radical (unpaired) electrons. The molecular weight excluding hydrogens is 320 g/mol. The van der Waals surface area contributed by atoms with Gasteiger partial charge in [-0.3, -0.25) is 15.0 Å². The predicted octanol–water partition coefficient (Wildman–Crippen LogP) is 2.07. The van der Waals surface area contributed by atoms with E-state index in [0.717, 1.165) is 5.69 Å². The van der Waals surface area contributed by atoms with Crippen LogP contribution in [-0.4, -0.2) is 42.0 Å². The van der Waals surface area contributed by atoms with Gasteiger partial charge in [-0.25, -0.2) is 14.8 Å². The molecule has 0 aliphatic carbocycles. The number of carbonyl (C=O) groups is 1. The summed E-state index contributed by atoms with van der Waals surface area (Å²) in [5.41, 5.74) is 2.06. The minimum atomic E-state index is -1.01. The average molecular weight is 336 g/mol. The quantitative estimate of drug-likeness (QED) is 0.703. The Labute approximate surface area is 144 Å². The lowest BCUT2D eigenvalue weighted by molar-refractivity contribution is 0.0697. The molecule has 3 heterocycles. The van der Waals surface area contributed by atoms with Crippen molar-refractivity contribution in [1.82, 2.24) is 24.9 Å². The van der Waals surface area contributed by atoms with Gasteiger partial charge < -0.3 is 10.4 Å². The first-order valence-corrected chi connectivity index (χ1v) is 7.66. The smallest absolute Gasteiger partial charge is 0.335 e. The first-order chi connectivity index (χ1) is 12.1. The van der Waals surface area contributed by atoms with Gasteiger partial charge in [0.05, 0.1) is 22.6 Å². The van der Waals surface area contributed by atoms with Crippen molar-refractivity contribution in [2.75, 3.05) is 5.32 Å². The highest BCUT2D eigenvalue weighted by Crippen LogP contribution is 2.17. The Morgan fingerprint density at radius 1 is 1.12 bits per heavy atom. The number of nitrogens with zero attached hydrogens (tertiary/aromatic N) is 5. The van der Waals surface area contributed by atoms with E-state index >= 15 is 0 Å². The van der Waals surface area contributed by atoms with Gasteiger partial charge >= 0.3 is 5.97 Å². The van der Waals surface area contributed by atoms with Crippen LogP contribution in [0.3, 0.4) is 0 Å². The van der Waals surface area contributed by atoms with E-state index in [4.69, 9.17) is 5.11 Å². The zero-order valence-corrected chi connectivity index (χ0v) is 13.5. The molecule has 3 aromatic rings. The lowest BCUT2D eigenvalue weighted by Crippen LogP contribution is -2.20. The molecule has 0 spiro atoms. The van der Waals surface area contributed by atoms with Crippen LogP contribution in [0, 0.1) is 0 Å². The van der Waals surface area contributed by atoms with Gasteiger partial charge in [0.1, 0.15) is 0 Å². The van der Waals surface area contributed by atoms with E-state index in [1.54, 1.807) is 30.9 Å². The Balaban J connectivity index is 1.75. The summed E-state index contributed by atoms with van der Waals surface area (Å²) in [7, 11) is 0. The molecule has 0 fully saturated rings. The molecule has 126 valence electrons. The number of carboxylic acids is 1. The average Bonchev–Trinajstić information content (AvgIpc) is 2.63. The van der Waals surface area contributed by atoms with Crippen molar-refractivity contribution in [3.63, 3.8) is 0 Å². The number of anilines is 1. The van der Waals surface area contributed by atoms with Crippen molar-refractivity contribution in [2.24, 2.45) is 0 Å². The highest BCUT2D eigenvalue weighted by molar-refractivity contribution is 5.88. The highest BCUT2D eigenvalue weighted by atomic mass is 16.4. The molecule has 3 aromatic heterocycles. The summed E-state index contributed by atoms with van der Waals surface area (Å²) < 4.78 is 0. The summed E-state index contributed by atoms with van der Waals surface area (Å²) in [5.74, 6) is -0.565. The maximum absolute atomic E-state index is 11.1. The lowest BCUT2D eigenvalue weighted by Gasteiger charge is -2.13. The normalized spacial score (nSPS) is 11.7. The molecule has 0 aliphatic heterocycles. The molecule has 0 aliphatic rings. The van der Waals surface area contributed by atoms with Crippen molar-refractivity contribution in [3.8, 4) is 11.4 Å². The van der Waals surface area contributed by atoms with Crippen LogP contribution in [-0.2, 0) is 6.42 Å². The number of pyridine rings is 1. The number of hydrogen-bond acceptors (Lipinski definition) is 7. The van der Waals surface area contributed by atoms with Crippen molar-refractivity contribution >= 4 is 11.9 Å². The van der Waals surface area contributed by atoms with Gasteiger partial charge in [-0.05, 0) is 25.1 Å². The SMILES string of the molecule is CC(Cc1cnccn1)Nc1nccc(-c2cc(C(=O)O)ccn2)n1. The van der Waals surface area contributed by atoms with Crippen molar-refractivity contribution < 1.29 is 9.90 Å². The van der Waals surface area contributed by atoms with Crippen molar-refractivity contribution in [1.29, 1.82) is 0 Å². The zero-order valence-electron chi connectivity index (χ0n) is 13.5. The van der Waals surface area contributed by atoms with Crippen LogP contribution in [0.5, 0.6) is 0 Å². The van der Waals surface area contributed by atoms with Crippen molar-refractivity contribution in [3.05, 3.63) is 60.4 Å². The number of aromatic nitrogens is 5. The number of rotatable bonds is 6. The number of hydrogen-bond donors (Lipinski definition) is 2. The van der Waals surface area contributed by atoms with Gasteiger partial charge in [0.25, 0.3) is 0 Å². The van der Waals surface area contributed by atoms with Gasteiger partial charge in [0, 0.05) is 43.4 Å². The van der Waals surface area contributed by atoms with E-state index in [1.807, 2.05) is 6.92 Å². The minimum Gasteiger partial charge on any atom is -0.478 e.